The van der Waals surface area contributed by atoms with Gasteiger partial charge in [-0.1, -0.05) is 48.9 Å². The van der Waals surface area contributed by atoms with Crippen LogP contribution >= 0.6 is 22.1 Å². The van der Waals surface area contributed by atoms with Crippen LogP contribution in [0.25, 0.3) is 10.1 Å². The quantitative estimate of drug-likeness (QED) is 0.413. The zero-order chi connectivity index (χ0) is 13.9. The van der Waals surface area contributed by atoms with Crippen LogP contribution in [0.2, 0.25) is 0 Å². The molecular weight excluding hydrogens is 284 g/mol. The Morgan fingerprint density at radius 1 is 0.900 bits per heavy atom. The summed E-state index contributed by atoms with van der Waals surface area (Å²) in [5.74, 6) is 0. The average molecular weight is 302 g/mol. The van der Waals surface area contributed by atoms with Crippen molar-refractivity contribution in [3.63, 3.8) is 0 Å². The topological polar surface area (TPSA) is 0 Å². The molecule has 0 spiro atoms. The number of thiophene rings is 1. The predicted molar refractivity (Wildman–Crippen MR) is 90.9 cm³/mol. The van der Waals surface area contributed by atoms with Crippen LogP contribution in [0.15, 0.2) is 53.9 Å². The molecule has 0 amide bonds. The van der Waals surface area contributed by atoms with Crippen LogP contribution in [-0.2, 0) is 18.1 Å². The number of fused-ring (bicyclic) bond motifs is 1. The van der Waals surface area contributed by atoms with Gasteiger partial charge in [-0.2, -0.15) is 0 Å². The lowest BCUT2D eigenvalue weighted by Gasteiger charge is -2.03. The smallest absolute Gasteiger partial charge is 0.0628 e. The molecule has 0 bridgehead atoms. The molecule has 1 atom stereocenters. The van der Waals surface area contributed by atoms with E-state index in [2.05, 4.69) is 60.8 Å². The van der Waals surface area contributed by atoms with Crippen LogP contribution in [0, 0.1) is 0 Å². The Morgan fingerprint density at radius 3 is 2.30 bits per heavy atom. The van der Waals surface area contributed by atoms with Crippen molar-refractivity contribution >= 4 is 32.2 Å². The molecule has 102 valence electrons. The Morgan fingerprint density at radius 2 is 1.60 bits per heavy atom. The lowest BCUT2D eigenvalue weighted by molar-refractivity contribution is 1.12. The minimum atomic E-state index is 0.117. The van der Waals surface area contributed by atoms with Crippen LogP contribution < -0.4 is 0 Å². The molecule has 3 rings (SSSR count). The Kier molecular flexibility index (Phi) is 4.09. The molecule has 1 aromatic heterocycles. The Labute approximate surface area is 128 Å². The summed E-state index contributed by atoms with van der Waals surface area (Å²) in [6.07, 6.45) is 2.10. The second-order valence-electron chi connectivity index (χ2n) is 5.06. The highest BCUT2D eigenvalue weighted by molar-refractivity contribution is 7.37. The highest BCUT2D eigenvalue weighted by atomic mass is 35.5. The van der Waals surface area contributed by atoms with Gasteiger partial charge >= 0.3 is 0 Å². The molecule has 2 aromatic carbocycles. The molecule has 0 nitrogen and oxygen atoms in total. The van der Waals surface area contributed by atoms with Gasteiger partial charge in [0.15, 0.2) is 4.70 Å². The fourth-order valence-electron chi connectivity index (χ4n) is 2.53. The van der Waals surface area contributed by atoms with Gasteiger partial charge in [0.25, 0.3) is 0 Å². The molecule has 20 heavy (non-hydrogen) atoms. The van der Waals surface area contributed by atoms with E-state index >= 15 is 0 Å². The first-order valence-corrected chi connectivity index (χ1v) is 8.94. The monoisotopic (exact) mass is 301 g/mol. The molecule has 0 aliphatic rings. The zero-order valence-electron chi connectivity index (χ0n) is 11.6. The predicted octanol–water partition coefficient (Wildman–Crippen LogP) is 5.94. The first kappa shape index (κ1) is 13.7. The summed E-state index contributed by atoms with van der Waals surface area (Å²) in [5, 5.41) is 4.27. The van der Waals surface area contributed by atoms with Gasteiger partial charge in [0.2, 0.25) is 5.21 Å². The second kappa shape index (κ2) is 5.99. The number of alkyl halides is 1. The normalized spacial score (nSPS) is 12.0. The molecule has 0 fully saturated rings. The van der Waals surface area contributed by atoms with Crippen molar-refractivity contribution in [2.45, 2.75) is 25.0 Å². The van der Waals surface area contributed by atoms with Gasteiger partial charge in [-0.05, 0) is 41.7 Å². The van der Waals surface area contributed by atoms with Crippen molar-refractivity contribution < 1.29 is 0 Å². The summed E-state index contributed by atoms with van der Waals surface area (Å²) >= 11 is 5.99. The molecule has 0 saturated carbocycles. The maximum Gasteiger partial charge on any atom is 0.201 e. The SMILES string of the molecule is CCc1ccc(Cc2ccc3c(cc[s+]3CCl)c2)cc1. The number of halogens is 1. The molecule has 3 aromatic rings. The van der Waals surface area contributed by atoms with Crippen molar-refractivity contribution in [2.75, 3.05) is 0 Å². The summed E-state index contributed by atoms with van der Waals surface area (Å²) in [6, 6.07) is 17.9. The van der Waals surface area contributed by atoms with Crippen molar-refractivity contribution in [3.8, 4) is 0 Å². The van der Waals surface area contributed by atoms with E-state index in [1.165, 1.54) is 26.8 Å². The highest BCUT2D eigenvalue weighted by Gasteiger charge is 2.11. The highest BCUT2D eigenvalue weighted by Crippen LogP contribution is 2.34. The molecule has 1 heterocycles. The van der Waals surface area contributed by atoms with E-state index in [4.69, 9.17) is 11.6 Å². The van der Waals surface area contributed by atoms with Crippen LogP contribution in [0.3, 0.4) is 0 Å². The van der Waals surface area contributed by atoms with Gasteiger partial charge in [0, 0.05) is 21.9 Å². The van der Waals surface area contributed by atoms with E-state index in [1.807, 2.05) is 0 Å². The number of rotatable bonds is 4. The van der Waals surface area contributed by atoms with E-state index in [-0.39, 0.29) is 10.5 Å². The molecule has 0 aliphatic carbocycles. The van der Waals surface area contributed by atoms with Crippen molar-refractivity contribution in [1.29, 1.82) is 0 Å². The number of aryl methyl sites for hydroxylation is 1. The number of benzene rings is 2. The lowest BCUT2D eigenvalue weighted by atomic mass is 10.0. The number of hydrogen-bond acceptors (Lipinski definition) is 0. The summed E-state index contributed by atoms with van der Waals surface area (Å²) in [7, 11) is 0.117. The van der Waals surface area contributed by atoms with Gasteiger partial charge in [-0.3, -0.25) is 0 Å². The Balaban J connectivity index is 1.86. The van der Waals surface area contributed by atoms with Gasteiger partial charge in [0.1, 0.15) is 5.38 Å². The van der Waals surface area contributed by atoms with Crippen molar-refractivity contribution in [2.24, 2.45) is 0 Å². The van der Waals surface area contributed by atoms with E-state index in [9.17, 15) is 0 Å². The third-order valence-corrected chi connectivity index (χ3v) is 6.07. The van der Waals surface area contributed by atoms with Crippen LogP contribution in [-0.4, -0.2) is 0 Å². The van der Waals surface area contributed by atoms with E-state index in [0.29, 0.717) is 5.21 Å². The number of hydrogen-bond donors (Lipinski definition) is 0. The standard InChI is InChI=1S/C18H18ClS/c1-2-14-3-5-15(6-4-14)11-16-7-8-18-17(12-16)9-10-20(18)13-19/h3-10,12H,2,11,13H2,1H3/q+1. The maximum atomic E-state index is 5.99. The summed E-state index contributed by atoms with van der Waals surface area (Å²) in [5.41, 5.74) is 4.15. The molecule has 1 unspecified atom stereocenters. The van der Waals surface area contributed by atoms with Gasteiger partial charge in [0.05, 0.1) is 0 Å². The molecule has 0 aliphatic heterocycles. The van der Waals surface area contributed by atoms with Gasteiger partial charge < -0.3 is 0 Å². The average Bonchev–Trinajstić information content (AvgIpc) is 2.90. The van der Waals surface area contributed by atoms with Crippen LogP contribution in [0.5, 0.6) is 0 Å². The van der Waals surface area contributed by atoms with E-state index in [1.54, 1.807) is 0 Å². The minimum absolute atomic E-state index is 0.117. The molecule has 0 saturated heterocycles. The molecule has 0 radical (unpaired) electrons. The Bertz CT molecular complexity index is 710. The van der Waals surface area contributed by atoms with Crippen LogP contribution in [0.1, 0.15) is 23.6 Å². The van der Waals surface area contributed by atoms with E-state index in [0.717, 1.165) is 12.8 Å². The largest absolute Gasteiger partial charge is 0.201 e. The maximum absolute atomic E-state index is 5.99. The lowest BCUT2D eigenvalue weighted by Crippen LogP contribution is -1.88. The fourth-order valence-corrected chi connectivity index (χ4v) is 4.42. The summed E-state index contributed by atoms with van der Waals surface area (Å²) < 4.78 is 1.39. The first-order chi connectivity index (χ1) is 9.80. The van der Waals surface area contributed by atoms with Crippen molar-refractivity contribution in [3.05, 3.63) is 70.6 Å². The summed E-state index contributed by atoms with van der Waals surface area (Å²) in [6.45, 7) is 2.19. The van der Waals surface area contributed by atoms with Crippen molar-refractivity contribution in [1.82, 2.24) is 0 Å². The first-order valence-electron chi connectivity index (χ1n) is 6.94. The van der Waals surface area contributed by atoms with Crippen LogP contribution in [0.4, 0.5) is 0 Å². The Hall–Kier alpha value is -1.31. The van der Waals surface area contributed by atoms with E-state index < -0.39 is 0 Å². The zero-order valence-corrected chi connectivity index (χ0v) is 13.2. The minimum Gasteiger partial charge on any atom is -0.0628 e. The third kappa shape index (κ3) is 2.74. The van der Waals surface area contributed by atoms with Gasteiger partial charge in [-0.25, -0.2) is 0 Å². The molecular formula is C18H18ClS+. The fraction of sp³-hybridized carbons (Fsp3) is 0.222. The van der Waals surface area contributed by atoms with Gasteiger partial charge in [-0.15, -0.1) is 0 Å². The second-order valence-corrected chi connectivity index (χ2v) is 7.50. The summed E-state index contributed by atoms with van der Waals surface area (Å²) in [4.78, 5) is 0. The molecule has 2 heteroatoms. The molecule has 0 N–H and O–H groups in total. The third-order valence-electron chi connectivity index (χ3n) is 3.73.